The summed E-state index contributed by atoms with van der Waals surface area (Å²) in [5.74, 6) is 2.39. The third-order valence-electron chi connectivity index (χ3n) is 4.34. The standard InChI is InChI=1S/C12H18ClN3/c1-2-16-12(9(13)6-15-16)11(14)10-7-4-3-5-8(7)10/h6-8,10-11H,2-5,14H2,1H3. The van der Waals surface area contributed by atoms with E-state index in [2.05, 4.69) is 12.0 Å². The minimum absolute atomic E-state index is 0.0882. The van der Waals surface area contributed by atoms with Crippen LogP contribution in [-0.4, -0.2) is 9.78 Å². The fourth-order valence-electron chi connectivity index (χ4n) is 3.55. The van der Waals surface area contributed by atoms with Gasteiger partial charge in [-0.15, -0.1) is 0 Å². The molecule has 0 spiro atoms. The predicted octanol–water partition coefficient (Wildman–Crippen LogP) is 2.60. The van der Waals surface area contributed by atoms with Crippen molar-refractivity contribution in [3.05, 3.63) is 16.9 Å². The Balaban J connectivity index is 1.84. The van der Waals surface area contributed by atoms with Crippen molar-refractivity contribution in [3.63, 3.8) is 0 Å². The summed E-state index contributed by atoms with van der Waals surface area (Å²) >= 11 is 6.18. The molecule has 0 radical (unpaired) electrons. The van der Waals surface area contributed by atoms with Crippen molar-refractivity contribution in [2.45, 2.75) is 38.8 Å². The number of nitrogens with two attached hydrogens (primary N) is 1. The molecule has 2 N–H and O–H groups in total. The van der Waals surface area contributed by atoms with Crippen molar-refractivity contribution in [2.75, 3.05) is 0 Å². The predicted molar refractivity (Wildman–Crippen MR) is 64.2 cm³/mol. The highest BCUT2D eigenvalue weighted by Gasteiger charge is 2.56. The second-order valence-corrected chi connectivity index (χ2v) is 5.46. The molecule has 1 heterocycles. The molecule has 88 valence electrons. The van der Waals surface area contributed by atoms with Crippen LogP contribution < -0.4 is 5.73 Å². The topological polar surface area (TPSA) is 43.8 Å². The van der Waals surface area contributed by atoms with Gasteiger partial charge in [-0.1, -0.05) is 18.0 Å². The van der Waals surface area contributed by atoms with Crippen molar-refractivity contribution in [2.24, 2.45) is 23.5 Å². The van der Waals surface area contributed by atoms with Gasteiger partial charge in [0.15, 0.2) is 0 Å². The van der Waals surface area contributed by atoms with Crippen molar-refractivity contribution in [1.82, 2.24) is 9.78 Å². The molecule has 0 aromatic carbocycles. The maximum atomic E-state index is 6.37. The molecule has 3 rings (SSSR count). The second kappa shape index (κ2) is 3.74. The van der Waals surface area contributed by atoms with Crippen LogP contribution in [0, 0.1) is 17.8 Å². The van der Waals surface area contributed by atoms with E-state index in [1.54, 1.807) is 6.20 Å². The van der Waals surface area contributed by atoms with Crippen LogP contribution >= 0.6 is 11.6 Å². The van der Waals surface area contributed by atoms with Crippen molar-refractivity contribution >= 4 is 11.6 Å². The molecule has 2 aliphatic rings. The Morgan fingerprint density at radius 3 is 2.88 bits per heavy atom. The van der Waals surface area contributed by atoms with Crippen LogP contribution in [0.15, 0.2) is 6.20 Å². The number of nitrogens with zero attached hydrogens (tertiary/aromatic N) is 2. The van der Waals surface area contributed by atoms with Gasteiger partial charge in [-0.25, -0.2) is 0 Å². The number of fused-ring (bicyclic) bond motifs is 1. The zero-order valence-electron chi connectivity index (χ0n) is 9.56. The van der Waals surface area contributed by atoms with E-state index in [1.807, 2.05) is 4.68 Å². The number of hydrogen-bond acceptors (Lipinski definition) is 2. The fraction of sp³-hybridized carbons (Fsp3) is 0.750. The molecule has 2 saturated carbocycles. The van der Waals surface area contributed by atoms with Gasteiger partial charge in [-0.2, -0.15) is 5.10 Å². The Morgan fingerprint density at radius 2 is 2.25 bits per heavy atom. The third kappa shape index (κ3) is 1.41. The van der Waals surface area contributed by atoms with Crippen LogP contribution in [0.1, 0.15) is 37.9 Å². The van der Waals surface area contributed by atoms with E-state index >= 15 is 0 Å². The first-order valence-corrected chi connectivity index (χ1v) is 6.58. The normalized spacial score (nSPS) is 33.8. The third-order valence-corrected chi connectivity index (χ3v) is 4.63. The summed E-state index contributed by atoms with van der Waals surface area (Å²) in [6, 6.07) is 0.0882. The number of aryl methyl sites for hydroxylation is 1. The Labute approximate surface area is 101 Å². The molecule has 0 amide bonds. The van der Waals surface area contributed by atoms with E-state index in [4.69, 9.17) is 17.3 Å². The lowest BCUT2D eigenvalue weighted by Crippen LogP contribution is -2.20. The van der Waals surface area contributed by atoms with E-state index in [0.29, 0.717) is 5.92 Å². The van der Waals surface area contributed by atoms with Gasteiger partial charge in [0.1, 0.15) is 0 Å². The minimum atomic E-state index is 0.0882. The van der Waals surface area contributed by atoms with Crippen LogP contribution in [0.25, 0.3) is 0 Å². The van der Waals surface area contributed by atoms with Crippen LogP contribution in [0.5, 0.6) is 0 Å². The van der Waals surface area contributed by atoms with Crippen LogP contribution in [-0.2, 0) is 6.54 Å². The van der Waals surface area contributed by atoms with E-state index in [1.165, 1.54) is 19.3 Å². The first-order chi connectivity index (χ1) is 7.74. The first-order valence-electron chi connectivity index (χ1n) is 6.20. The van der Waals surface area contributed by atoms with Gasteiger partial charge < -0.3 is 5.73 Å². The quantitative estimate of drug-likeness (QED) is 0.881. The Bertz CT molecular complexity index is 391. The van der Waals surface area contributed by atoms with Gasteiger partial charge in [0.05, 0.1) is 23.0 Å². The smallest absolute Gasteiger partial charge is 0.0834 e. The SMILES string of the molecule is CCn1ncc(Cl)c1C(N)C1C2CCCC21. The molecule has 3 atom stereocenters. The summed E-state index contributed by atoms with van der Waals surface area (Å²) in [5.41, 5.74) is 7.41. The minimum Gasteiger partial charge on any atom is -0.322 e. The van der Waals surface area contributed by atoms with Crippen LogP contribution in [0.3, 0.4) is 0 Å². The van der Waals surface area contributed by atoms with Gasteiger partial charge in [0.25, 0.3) is 0 Å². The summed E-state index contributed by atoms with van der Waals surface area (Å²) in [7, 11) is 0. The highest BCUT2D eigenvalue weighted by atomic mass is 35.5. The van der Waals surface area contributed by atoms with E-state index in [9.17, 15) is 0 Å². The number of hydrogen-bond donors (Lipinski definition) is 1. The van der Waals surface area contributed by atoms with E-state index in [-0.39, 0.29) is 6.04 Å². The van der Waals surface area contributed by atoms with Gasteiger partial charge in [-0.05, 0) is 37.5 Å². The maximum Gasteiger partial charge on any atom is 0.0834 e. The largest absolute Gasteiger partial charge is 0.322 e. The van der Waals surface area contributed by atoms with Crippen molar-refractivity contribution < 1.29 is 0 Å². The lowest BCUT2D eigenvalue weighted by atomic mass is 10.0. The van der Waals surface area contributed by atoms with Crippen molar-refractivity contribution in [1.29, 1.82) is 0 Å². The highest BCUT2D eigenvalue weighted by molar-refractivity contribution is 6.31. The maximum absolute atomic E-state index is 6.37. The lowest BCUT2D eigenvalue weighted by molar-refractivity contribution is 0.465. The monoisotopic (exact) mass is 239 g/mol. The second-order valence-electron chi connectivity index (χ2n) is 5.06. The molecule has 0 aliphatic heterocycles. The molecule has 4 heteroatoms. The summed E-state index contributed by atoms with van der Waals surface area (Å²) in [6.07, 6.45) is 5.83. The molecule has 2 fully saturated rings. The fourth-order valence-corrected chi connectivity index (χ4v) is 3.81. The Kier molecular flexibility index (Phi) is 2.48. The molecule has 0 bridgehead atoms. The molecule has 0 saturated heterocycles. The zero-order chi connectivity index (χ0) is 11.3. The van der Waals surface area contributed by atoms with Gasteiger partial charge in [0.2, 0.25) is 0 Å². The molecule has 3 nitrogen and oxygen atoms in total. The Hall–Kier alpha value is -0.540. The number of rotatable bonds is 3. The lowest BCUT2D eigenvalue weighted by Gasteiger charge is -2.15. The van der Waals surface area contributed by atoms with Crippen molar-refractivity contribution in [3.8, 4) is 0 Å². The molecule has 2 aliphatic carbocycles. The first kappa shape index (κ1) is 10.6. The van der Waals surface area contributed by atoms with E-state index < -0.39 is 0 Å². The Morgan fingerprint density at radius 1 is 1.56 bits per heavy atom. The molecular formula is C12H18ClN3. The summed E-state index contributed by atoms with van der Waals surface area (Å²) in [4.78, 5) is 0. The average molecular weight is 240 g/mol. The molecular weight excluding hydrogens is 222 g/mol. The highest BCUT2D eigenvalue weighted by Crippen LogP contribution is 2.61. The number of halogens is 1. The molecule has 3 unspecified atom stereocenters. The summed E-state index contributed by atoms with van der Waals surface area (Å²) in [6.45, 7) is 2.92. The number of aromatic nitrogens is 2. The van der Waals surface area contributed by atoms with Gasteiger partial charge in [0, 0.05) is 6.54 Å². The summed E-state index contributed by atoms with van der Waals surface area (Å²) < 4.78 is 1.95. The molecule has 1 aromatic heterocycles. The van der Waals surface area contributed by atoms with Crippen LogP contribution in [0.4, 0.5) is 0 Å². The van der Waals surface area contributed by atoms with Gasteiger partial charge >= 0.3 is 0 Å². The summed E-state index contributed by atoms with van der Waals surface area (Å²) in [5, 5.41) is 5.00. The molecule has 16 heavy (non-hydrogen) atoms. The average Bonchev–Trinajstić information content (AvgIpc) is 2.66. The van der Waals surface area contributed by atoms with E-state index in [0.717, 1.165) is 29.1 Å². The van der Waals surface area contributed by atoms with Crippen LogP contribution in [0.2, 0.25) is 5.02 Å². The van der Waals surface area contributed by atoms with Gasteiger partial charge in [-0.3, -0.25) is 4.68 Å². The zero-order valence-corrected chi connectivity index (χ0v) is 10.3. The molecule has 1 aromatic rings.